The van der Waals surface area contributed by atoms with Gasteiger partial charge in [-0.2, -0.15) is 0 Å². The minimum Gasteiger partial charge on any atom is -0.366 e. The third kappa shape index (κ3) is 5.94. The summed E-state index contributed by atoms with van der Waals surface area (Å²) in [5, 5.41) is 6.07. The Morgan fingerprint density at radius 2 is 1.88 bits per heavy atom. The lowest BCUT2D eigenvalue weighted by atomic mass is 9.93. The molecule has 6 nitrogen and oxygen atoms in total. The summed E-state index contributed by atoms with van der Waals surface area (Å²) in [7, 11) is 2.00. The van der Waals surface area contributed by atoms with Crippen LogP contribution in [0.1, 0.15) is 36.0 Å². The molecule has 0 radical (unpaired) electrons. The minimum atomic E-state index is -0.467. The molecule has 0 saturated carbocycles. The average molecular weight is 332 g/mol. The van der Waals surface area contributed by atoms with Gasteiger partial charge >= 0.3 is 0 Å². The number of primary amides is 1. The summed E-state index contributed by atoms with van der Waals surface area (Å²) in [5.41, 5.74) is 6.33. The van der Waals surface area contributed by atoms with E-state index >= 15 is 0 Å². The molecule has 0 bridgehead atoms. The van der Waals surface area contributed by atoms with Crippen LogP contribution in [-0.4, -0.2) is 49.9 Å². The first-order valence-corrected chi connectivity index (χ1v) is 8.65. The molecule has 132 valence electrons. The van der Waals surface area contributed by atoms with E-state index in [4.69, 9.17) is 5.73 Å². The smallest absolute Gasteiger partial charge is 0.248 e. The van der Waals surface area contributed by atoms with Crippen LogP contribution in [0.15, 0.2) is 24.3 Å². The van der Waals surface area contributed by atoms with Gasteiger partial charge in [-0.1, -0.05) is 0 Å². The van der Waals surface area contributed by atoms with E-state index in [-0.39, 0.29) is 5.91 Å². The van der Waals surface area contributed by atoms with E-state index in [0.717, 1.165) is 32.1 Å². The SMILES string of the molecule is CNCCC1CCN(CCC(=O)Nc2ccc(C(N)=O)cc2)CC1. The fourth-order valence-corrected chi connectivity index (χ4v) is 3.05. The van der Waals surface area contributed by atoms with Gasteiger partial charge < -0.3 is 21.3 Å². The number of hydrogen-bond acceptors (Lipinski definition) is 4. The number of piperidine rings is 1. The van der Waals surface area contributed by atoms with Gasteiger partial charge in [-0.15, -0.1) is 0 Å². The molecule has 6 heteroatoms. The molecule has 1 heterocycles. The van der Waals surface area contributed by atoms with Crippen molar-refractivity contribution >= 4 is 17.5 Å². The van der Waals surface area contributed by atoms with Gasteiger partial charge in [0, 0.05) is 24.2 Å². The Kier molecular flexibility index (Phi) is 7.21. The Bertz CT molecular complexity index is 536. The number of likely N-dealkylation sites (tertiary alicyclic amines) is 1. The molecule has 0 aliphatic carbocycles. The summed E-state index contributed by atoms with van der Waals surface area (Å²) in [6.45, 7) is 4.04. The van der Waals surface area contributed by atoms with E-state index in [9.17, 15) is 9.59 Å². The summed E-state index contributed by atoms with van der Waals surface area (Å²) in [6.07, 6.45) is 4.17. The van der Waals surface area contributed by atoms with E-state index in [2.05, 4.69) is 15.5 Å². The van der Waals surface area contributed by atoms with Crippen LogP contribution in [-0.2, 0) is 4.79 Å². The van der Waals surface area contributed by atoms with E-state index in [1.54, 1.807) is 24.3 Å². The topological polar surface area (TPSA) is 87.5 Å². The van der Waals surface area contributed by atoms with Crippen molar-refractivity contribution in [3.8, 4) is 0 Å². The van der Waals surface area contributed by atoms with Gasteiger partial charge in [-0.3, -0.25) is 9.59 Å². The third-order valence-electron chi connectivity index (χ3n) is 4.62. The van der Waals surface area contributed by atoms with E-state index in [0.29, 0.717) is 17.7 Å². The van der Waals surface area contributed by atoms with Gasteiger partial charge in [0.1, 0.15) is 0 Å². The zero-order chi connectivity index (χ0) is 17.4. The molecule has 4 N–H and O–H groups in total. The molecule has 0 atom stereocenters. The second-order valence-electron chi connectivity index (χ2n) is 6.42. The number of hydrogen-bond donors (Lipinski definition) is 3. The van der Waals surface area contributed by atoms with Crippen molar-refractivity contribution in [3.63, 3.8) is 0 Å². The minimum absolute atomic E-state index is 0.000804. The molecule has 2 rings (SSSR count). The Morgan fingerprint density at radius 3 is 2.46 bits per heavy atom. The van der Waals surface area contributed by atoms with E-state index < -0.39 is 5.91 Å². The highest BCUT2D eigenvalue weighted by Crippen LogP contribution is 2.20. The molecular weight excluding hydrogens is 304 g/mol. The van der Waals surface area contributed by atoms with Gasteiger partial charge in [0.25, 0.3) is 0 Å². The molecule has 1 aromatic rings. The van der Waals surface area contributed by atoms with Crippen LogP contribution in [0, 0.1) is 5.92 Å². The van der Waals surface area contributed by atoms with Crippen LogP contribution >= 0.6 is 0 Å². The molecule has 1 fully saturated rings. The number of carbonyl (C=O) groups is 2. The first kappa shape index (κ1) is 18.4. The maximum atomic E-state index is 12.0. The summed E-state index contributed by atoms with van der Waals surface area (Å²) in [6, 6.07) is 6.64. The highest BCUT2D eigenvalue weighted by molar-refractivity contribution is 5.94. The molecule has 0 spiro atoms. The van der Waals surface area contributed by atoms with Gasteiger partial charge in [-0.25, -0.2) is 0 Å². The summed E-state index contributed by atoms with van der Waals surface area (Å²) in [4.78, 5) is 25.4. The van der Waals surface area contributed by atoms with Crippen molar-refractivity contribution in [2.45, 2.75) is 25.7 Å². The summed E-state index contributed by atoms with van der Waals surface area (Å²) in [5.74, 6) is 0.344. The Hall–Kier alpha value is -1.92. The van der Waals surface area contributed by atoms with Crippen molar-refractivity contribution in [2.75, 3.05) is 38.5 Å². The first-order chi connectivity index (χ1) is 11.6. The number of nitrogens with two attached hydrogens (primary N) is 1. The summed E-state index contributed by atoms with van der Waals surface area (Å²) >= 11 is 0. The number of anilines is 1. The monoisotopic (exact) mass is 332 g/mol. The molecule has 24 heavy (non-hydrogen) atoms. The quantitative estimate of drug-likeness (QED) is 0.672. The van der Waals surface area contributed by atoms with Crippen LogP contribution in [0.4, 0.5) is 5.69 Å². The zero-order valence-corrected chi connectivity index (χ0v) is 14.4. The predicted molar refractivity (Wildman–Crippen MR) is 95.9 cm³/mol. The Labute approximate surface area is 143 Å². The van der Waals surface area contributed by atoms with Crippen molar-refractivity contribution in [1.82, 2.24) is 10.2 Å². The summed E-state index contributed by atoms with van der Waals surface area (Å²) < 4.78 is 0. The molecule has 0 unspecified atom stereocenters. The van der Waals surface area contributed by atoms with Crippen LogP contribution in [0.3, 0.4) is 0 Å². The molecular formula is C18H28N4O2. The Morgan fingerprint density at radius 1 is 1.21 bits per heavy atom. The van der Waals surface area contributed by atoms with E-state index in [1.165, 1.54) is 19.3 Å². The number of rotatable bonds is 8. The molecule has 0 aromatic heterocycles. The zero-order valence-electron chi connectivity index (χ0n) is 14.4. The first-order valence-electron chi connectivity index (χ1n) is 8.65. The largest absolute Gasteiger partial charge is 0.366 e. The van der Waals surface area contributed by atoms with Gasteiger partial charge in [0.15, 0.2) is 0 Å². The average Bonchev–Trinajstić information content (AvgIpc) is 2.59. The number of nitrogens with one attached hydrogen (secondary N) is 2. The fraction of sp³-hybridized carbons (Fsp3) is 0.556. The van der Waals surface area contributed by atoms with Crippen molar-refractivity contribution in [3.05, 3.63) is 29.8 Å². The number of carbonyl (C=O) groups excluding carboxylic acids is 2. The van der Waals surface area contributed by atoms with Gasteiger partial charge in [-0.05, 0) is 76.1 Å². The number of nitrogens with zero attached hydrogens (tertiary/aromatic N) is 1. The van der Waals surface area contributed by atoms with Crippen LogP contribution in [0.25, 0.3) is 0 Å². The lowest BCUT2D eigenvalue weighted by Gasteiger charge is -2.31. The standard InChI is InChI=1S/C18H28N4O2/c1-20-10-6-14-7-11-22(12-8-14)13-9-17(23)21-16-4-2-15(3-5-16)18(19)24/h2-5,14,20H,6-13H2,1H3,(H2,19,24)(H,21,23). The number of amides is 2. The molecule has 1 saturated heterocycles. The van der Waals surface area contributed by atoms with Crippen molar-refractivity contribution in [2.24, 2.45) is 11.7 Å². The lowest BCUT2D eigenvalue weighted by Crippen LogP contribution is -2.36. The van der Waals surface area contributed by atoms with Gasteiger partial charge in [0.2, 0.25) is 11.8 Å². The van der Waals surface area contributed by atoms with E-state index in [1.807, 2.05) is 7.05 Å². The second-order valence-corrected chi connectivity index (χ2v) is 6.42. The maximum absolute atomic E-state index is 12.0. The van der Waals surface area contributed by atoms with Crippen LogP contribution in [0.2, 0.25) is 0 Å². The molecule has 2 amide bonds. The Balaban J connectivity index is 1.67. The highest BCUT2D eigenvalue weighted by atomic mass is 16.2. The fourth-order valence-electron chi connectivity index (χ4n) is 3.05. The van der Waals surface area contributed by atoms with Crippen LogP contribution in [0.5, 0.6) is 0 Å². The number of benzene rings is 1. The molecule has 1 aliphatic heterocycles. The molecule has 1 aliphatic rings. The van der Waals surface area contributed by atoms with Crippen LogP contribution < -0.4 is 16.4 Å². The third-order valence-corrected chi connectivity index (χ3v) is 4.62. The maximum Gasteiger partial charge on any atom is 0.248 e. The predicted octanol–water partition coefficient (Wildman–Crippen LogP) is 1.44. The van der Waals surface area contributed by atoms with Gasteiger partial charge in [0.05, 0.1) is 0 Å². The highest BCUT2D eigenvalue weighted by Gasteiger charge is 2.19. The van der Waals surface area contributed by atoms with Crippen molar-refractivity contribution < 1.29 is 9.59 Å². The van der Waals surface area contributed by atoms with Crippen molar-refractivity contribution in [1.29, 1.82) is 0 Å². The lowest BCUT2D eigenvalue weighted by molar-refractivity contribution is -0.116. The second kappa shape index (κ2) is 9.39. The normalized spacial score (nSPS) is 16.0. The molecule has 1 aromatic carbocycles.